The highest BCUT2D eigenvalue weighted by molar-refractivity contribution is 5.90. The van der Waals surface area contributed by atoms with E-state index in [-0.39, 0.29) is 23.8 Å². The van der Waals surface area contributed by atoms with Gasteiger partial charge in [-0.2, -0.15) is 0 Å². The lowest BCUT2D eigenvalue weighted by molar-refractivity contribution is -0.137. The van der Waals surface area contributed by atoms with Gasteiger partial charge in [0.1, 0.15) is 6.04 Å². The summed E-state index contributed by atoms with van der Waals surface area (Å²) in [5, 5.41) is 2.73. The normalized spacial score (nSPS) is 26.4. The number of hydrogen-bond donors (Lipinski definition) is 1. The first-order valence-electron chi connectivity index (χ1n) is 8.22. The molecule has 0 aliphatic carbocycles. The van der Waals surface area contributed by atoms with Crippen LogP contribution < -0.4 is 5.32 Å². The van der Waals surface area contributed by atoms with E-state index in [2.05, 4.69) is 10.2 Å². The van der Waals surface area contributed by atoms with Crippen molar-refractivity contribution in [2.24, 2.45) is 0 Å². The van der Waals surface area contributed by atoms with Gasteiger partial charge in [0.15, 0.2) is 0 Å². The molecule has 1 N–H and O–H groups in total. The third-order valence-corrected chi connectivity index (χ3v) is 4.79. The predicted molar refractivity (Wildman–Crippen MR) is 80.0 cm³/mol. The summed E-state index contributed by atoms with van der Waals surface area (Å²) in [6.45, 7) is 4.97. The van der Waals surface area contributed by atoms with Crippen LogP contribution in [0.5, 0.6) is 0 Å². The largest absolute Gasteiger partial charge is 0.344 e. The first-order valence-corrected chi connectivity index (χ1v) is 8.22. The van der Waals surface area contributed by atoms with E-state index in [9.17, 15) is 14.4 Å². The van der Waals surface area contributed by atoms with Crippen molar-refractivity contribution in [2.75, 3.05) is 45.8 Å². The van der Waals surface area contributed by atoms with Crippen LogP contribution in [0.4, 0.5) is 0 Å². The molecule has 0 spiro atoms. The molecule has 22 heavy (non-hydrogen) atoms. The number of hydrogen-bond acceptors (Lipinski definition) is 4. The molecule has 3 amide bonds. The van der Waals surface area contributed by atoms with Gasteiger partial charge < -0.3 is 15.1 Å². The molecule has 1 unspecified atom stereocenters. The molecule has 0 radical (unpaired) electrons. The number of amides is 3. The number of rotatable bonds is 3. The zero-order chi connectivity index (χ0) is 15.5. The second-order valence-corrected chi connectivity index (χ2v) is 6.35. The average molecular weight is 308 g/mol. The summed E-state index contributed by atoms with van der Waals surface area (Å²) in [4.78, 5) is 41.5. The Kier molecular flexibility index (Phi) is 4.61. The number of likely N-dealkylation sites (tertiary alicyclic amines) is 1. The van der Waals surface area contributed by atoms with Crippen molar-refractivity contribution in [2.45, 2.75) is 31.7 Å². The second kappa shape index (κ2) is 6.64. The number of carbonyl (C=O) groups excluding carboxylic acids is 3. The minimum atomic E-state index is -0.342. The summed E-state index contributed by atoms with van der Waals surface area (Å²) in [5.41, 5.74) is 0. The molecule has 3 saturated heterocycles. The van der Waals surface area contributed by atoms with Crippen LogP contribution in [0.15, 0.2) is 0 Å². The molecule has 122 valence electrons. The van der Waals surface area contributed by atoms with Crippen LogP contribution in [0.25, 0.3) is 0 Å². The minimum absolute atomic E-state index is 0.0244. The highest BCUT2D eigenvalue weighted by Gasteiger charge is 2.32. The Bertz CT molecular complexity index is 454. The van der Waals surface area contributed by atoms with Gasteiger partial charge in [0.05, 0.1) is 6.54 Å². The molecular formula is C15H24N4O3. The molecule has 3 aliphatic heterocycles. The van der Waals surface area contributed by atoms with Crippen molar-refractivity contribution in [3.63, 3.8) is 0 Å². The van der Waals surface area contributed by atoms with E-state index in [4.69, 9.17) is 0 Å². The SMILES string of the molecule is O=C1CCC(C(=O)N2CCN(CC(=O)N3CCCC3)CC2)N1. The van der Waals surface area contributed by atoms with Crippen LogP contribution >= 0.6 is 0 Å². The van der Waals surface area contributed by atoms with E-state index in [1.165, 1.54) is 0 Å². The number of nitrogens with zero attached hydrogens (tertiary/aromatic N) is 3. The predicted octanol–water partition coefficient (Wildman–Crippen LogP) is -0.968. The Morgan fingerprint density at radius 2 is 1.68 bits per heavy atom. The molecule has 7 heteroatoms. The van der Waals surface area contributed by atoms with E-state index >= 15 is 0 Å². The zero-order valence-corrected chi connectivity index (χ0v) is 12.9. The standard InChI is InChI=1S/C15H24N4O3/c20-13-4-3-12(16-13)15(22)19-9-7-17(8-10-19)11-14(21)18-5-1-2-6-18/h12H,1-11H2,(H,16,20). The summed E-state index contributed by atoms with van der Waals surface area (Å²) in [7, 11) is 0. The minimum Gasteiger partial charge on any atom is -0.344 e. The van der Waals surface area contributed by atoms with Gasteiger partial charge in [-0.3, -0.25) is 19.3 Å². The lowest BCUT2D eigenvalue weighted by Crippen LogP contribution is -2.54. The van der Waals surface area contributed by atoms with E-state index in [1.54, 1.807) is 0 Å². The summed E-state index contributed by atoms with van der Waals surface area (Å²) in [5.74, 6) is 0.199. The maximum absolute atomic E-state index is 12.3. The second-order valence-electron chi connectivity index (χ2n) is 6.35. The van der Waals surface area contributed by atoms with E-state index in [0.717, 1.165) is 39.0 Å². The van der Waals surface area contributed by atoms with Crippen LogP contribution in [-0.2, 0) is 14.4 Å². The number of nitrogens with one attached hydrogen (secondary N) is 1. The highest BCUT2D eigenvalue weighted by atomic mass is 16.2. The van der Waals surface area contributed by atoms with Crippen LogP contribution in [0.2, 0.25) is 0 Å². The maximum Gasteiger partial charge on any atom is 0.245 e. The van der Waals surface area contributed by atoms with Crippen LogP contribution in [0.3, 0.4) is 0 Å². The molecule has 3 heterocycles. The molecule has 0 saturated carbocycles. The van der Waals surface area contributed by atoms with Crippen LogP contribution in [-0.4, -0.2) is 84.3 Å². The summed E-state index contributed by atoms with van der Waals surface area (Å²) < 4.78 is 0. The molecule has 0 bridgehead atoms. The lowest BCUT2D eigenvalue weighted by Gasteiger charge is -2.36. The molecule has 0 aromatic heterocycles. The fourth-order valence-electron chi connectivity index (χ4n) is 3.40. The Hall–Kier alpha value is -1.63. The summed E-state index contributed by atoms with van der Waals surface area (Å²) in [6, 6.07) is -0.342. The average Bonchev–Trinajstić information content (AvgIpc) is 3.18. The van der Waals surface area contributed by atoms with E-state index < -0.39 is 0 Å². The number of carbonyl (C=O) groups is 3. The molecule has 3 fully saturated rings. The van der Waals surface area contributed by atoms with E-state index in [0.29, 0.717) is 32.5 Å². The quantitative estimate of drug-likeness (QED) is 0.728. The van der Waals surface area contributed by atoms with Crippen molar-refractivity contribution in [3.05, 3.63) is 0 Å². The summed E-state index contributed by atoms with van der Waals surface area (Å²) in [6.07, 6.45) is 3.27. The Morgan fingerprint density at radius 1 is 1.00 bits per heavy atom. The van der Waals surface area contributed by atoms with Gasteiger partial charge in [0.25, 0.3) is 0 Å². The maximum atomic E-state index is 12.3. The molecule has 0 aromatic rings. The Labute approximate surface area is 130 Å². The Morgan fingerprint density at radius 3 is 2.27 bits per heavy atom. The molecular weight excluding hydrogens is 284 g/mol. The molecule has 1 atom stereocenters. The fraction of sp³-hybridized carbons (Fsp3) is 0.800. The lowest BCUT2D eigenvalue weighted by atomic mass is 10.2. The number of piperazine rings is 1. The van der Waals surface area contributed by atoms with Gasteiger partial charge >= 0.3 is 0 Å². The third-order valence-electron chi connectivity index (χ3n) is 4.79. The van der Waals surface area contributed by atoms with Gasteiger partial charge in [-0.1, -0.05) is 0 Å². The molecule has 3 aliphatic rings. The first kappa shape index (κ1) is 15.3. The Balaban J connectivity index is 1.43. The highest BCUT2D eigenvalue weighted by Crippen LogP contribution is 2.13. The van der Waals surface area contributed by atoms with Gasteiger partial charge in [-0.25, -0.2) is 0 Å². The molecule has 3 rings (SSSR count). The zero-order valence-electron chi connectivity index (χ0n) is 12.9. The van der Waals surface area contributed by atoms with Gasteiger partial charge in [0, 0.05) is 45.7 Å². The molecule has 0 aromatic carbocycles. The van der Waals surface area contributed by atoms with Crippen molar-refractivity contribution in [3.8, 4) is 0 Å². The van der Waals surface area contributed by atoms with Gasteiger partial charge in [-0.15, -0.1) is 0 Å². The van der Waals surface area contributed by atoms with Gasteiger partial charge in [0.2, 0.25) is 17.7 Å². The smallest absolute Gasteiger partial charge is 0.245 e. The monoisotopic (exact) mass is 308 g/mol. The van der Waals surface area contributed by atoms with E-state index in [1.807, 2.05) is 9.80 Å². The van der Waals surface area contributed by atoms with Crippen LogP contribution in [0.1, 0.15) is 25.7 Å². The van der Waals surface area contributed by atoms with Crippen molar-refractivity contribution in [1.29, 1.82) is 0 Å². The first-order chi connectivity index (χ1) is 10.6. The van der Waals surface area contributed by atoms with Crippen molar-refractivity contribution in [1.82, 2.24) is 20.0 Å². The third kappa shape index (κ3) is 3.40. The van der Waals surface area contributed by atoms with Crippen molar-refractivity contribution < 1.29 is 14.4 Å². The van der Waals surface area contributed by atoms with Crippen LogP contribution in [0, 0.1) is 0 Å². The summed E-state index contributed by atoms with van der Waals surface area (Å²) >= 11 is 0. The molecule has 7 nitrogen and oxygen atoms in total. The fourth-order valence-corrected chi connectivity index (χ4v) is 3.40. The topological polar surface area (TPSA) is 73.0 Å². The van der Waals surface area contributed by atoms with Gasteiger partial charge in [-0.05, 0) is 19.3 Å². The van der Waals surface area contributed by atoms with Crippen molar-refractivity contribution >= 4 is 17.7 Å².